The number of pyridine rings is 1. The lowest BCUT2D eigenvalue weighted by Crippen LogP contribution is -2.49. The molecule has 1 atom stereocenters. The summed E-state index contributed by atoms with van der Waals surface area (Å²) in [4.78, 5) is 61.6. The van der Waals surface area contributed by atoms with E-state index in [1.165, 1.54) is 6.07 Å². The molecule has 2 aromatic heterocycles. The predicted octanol–water partition coefficient (Wildman–Crippen LogP) is 5.74. The summed E-state index contributed by atoms with van der Waals surface area (Å²) < 4.78 is 45.3. The monoisotopic (exact) mass is 852 g/mol. The van der Waals surface area contributed by atoms with Crippen molar-refractivity contribution in [2.75, 3.05) is 54.6 Å². The first-order chi connectivity index (χ1) is 29.5. The van der Waals surface area contributed by atoms with Crippen molar-refractivity contribution in [3.05, 3.63) is 84.6 Å². The Morgan fingerprint density at radius 2 is 1.43 bits per heavy atom. The minimum Gasteiger partial charge on any atom is -0.371 e. The van der Waals surface area contributed by atoms with Gasteiger partial charge in [0.2, 0.25) is 33.7 Å². The van der Waals surface area contributed by atoms with Crippen LogP contribution in [0, 0.1) is 17.7 Å². The van der Waals surface area contributed by atoms with Gasteiger partial charge in [0.1, 0.15) is 5.69 Å². The number of imide groups is 1. The van der Waals surface area contributed by atoms with E-state index in [9.17, 15) is 27.6 Å². The van der Waals surface area contributed by atoms with Crippen LogP contribution < -0.4 is 14.9 Å². The molecule has 0 unspecified atom stereocenters. The van der Waals surface area contributed by atoms with Crippen LogP contribution >= 0.6 is 0 Å². The molecule has 8 rings (SSSR count). The number of hydrogen-bond acceptors (Lipinski definition) is 9. The van der Waals surface area contributed by atoms with Crippen molar-refractivity contribution >= 4 is 45.0 Å². The second-order valence-electron chi connectivity index (χ2n) is 16.7. The summed E-state index contributed by atoms with van der Waals surface area (Å²) in [6, 6.07) is 16.2. The second kappa shape index (κ2) is 18.1. The zero-order valence-electron chi connectivity index (χ0n) is 34.5. The lowest BCUT2D eigenvalue weighted by molar-refractivity contribution is -0.143. The molecule has 0 radical (unpaired) electrons. The zero-order valence-corrected chi connectivity index (χ0v) is 35.3. The van der Waals surface area contributed by atoms with Crippen molar-refractivity contribution in [3.8, 4) is 22.4 Å². The number of nitrogens with one attached hydrogen (secondary N) is 2. The standard InChI is InChI=1S/C45H53FN8O6S/c1-2-28-61(59,60)50-39-5-3-4-37(41(39)46)38-29-54(49-42(38)31-12-20-47-21-13-31)35-18-26-53(27-19-35)45(58)33-16-24-52(25-17-33)44(57)32-14-22-51(23-15-32)34-8-6-30(7-9-34)36-10-11-40(55)48-43(36)56/h3-9,12-13,20-21,29,32-33,35-36,50H,2,10-11,14-19,22-28H2,1H3,(H,48,55,56)/t36-/m0/s1. The summed E-state index contributed by atoms with van der Waals surface area (Å²) in [5, 5.41) is 7.37. The van der Waals surface area contributed by atoms with Gasteiger partial charge in [-0.3, -0.25) is 38.9 Å². The maximum Gasteiger partial charge on any atom is 0.234 e. The van der Waals surface area contributed by atoms with Crippen LogP contribution in [0.3, 0.4) is 0 Å². The highest BCUT2D eigenvalue weighted by Gasteiger charge is 2.36. The molecule has 16 heteroatoms. The third kappa shape index (κ3) is 9.33. The van der Waals surface area contributed by atoms with Crippen molar-refractivity contribution < 1.29 is 32.0 Å². The summed E-state index contributed by atoms with van der Waals surface area (Å²) in [5.74, 6) is -1.45. The fourth-order valence-corrected chi connectivity index (χ4v) is 10.5. The molecule has 0 aliphatic carbocycles. The number of amides is 4. The predicted molar refractivity (Wildman–Crippen MR) is 229 cm³/mol. The lowest BCUT2D eigenvalue weighted by atomic mass is 9.89. The number of carbonyl (C=O) groups excluding carboxylic acids is 4. The summed E-state index contributed by atoms with van der Waals surface area (Å²) in [6.45, 7) is 5.53. The van der Waals surface area contributed by atoms with E-state index in [-0.39, 0.29) is 64.4 Å². The Bertz CT molecular complexity index is 2350. The van der Waals surface area contributed by atoms with E-state index in [2.05, 4.69) is 19.9 Å². The SMILES string of the molecule is CCCS(=O)(=O)Nc1cccc(-c2cn(C3CCN(C(=O)C4CCN(C(=O)C5CCN(c6ccc([C@@H]7CCC(=O)NC7=O)cc6)CC5)CC4)CC3)nc2-c2ccncc2)c1F. The van der Waals surface area contributed by atoms with Gasteiger partial charge in [-0.1, -0.05) is 31.2 Å². The molecule has 14 nitrogen and oxygen atoms in total. The zero-order chi connectivity index (χ0) is 42.7. The van der Waals surface area contributed by atoms with Gasteiger partial charge in [-0.15, -0.1) is 0 Å². The Labute approximate surface area is 355 Å². The maximum absolute atomic E-state index is 16.0. The van der Waals surface area contributed by atoms with Gasteiger partial charge in [-0.2, -0.15) is 5.10 Å². The van der Waals surface area contributed by atoms with E-state index in [1.54, 1.807) is 43.6 Å². The van der Waals surface area contributed by atoms with Crippen LogP contribution in [0.5, 0.6) is 0 Å². The van der Waals surface area contributed by atoms with Crippen molar-refractivity contribution in [2.24, 2.45) is 11.8 Å². The summed E-state index contributed by atoms with van der Waals surface area (Å²) in [5.41, 5.74) is 3.91. The van der Waals surface area contributed by atoms with Crippen molar-refractivity contribution in [1.29, 1.82) is 0 Å². The van der Waals surface area contributed by atoms with Gasteiger partial charge >= 0.3 is 0 Å². The normalized spacial score (nSPS) is 19.8. The Hall–Kier alpha value is -5.64. The quantitative estimate of drug-likeness (QED) is 0.179. The van der Waals surface area contributed by atoms with Crippen LogP contribution in [0.4, 0.5) is 15.8 Å². The Morgan fingerprint density at radius 1 is 0.803 bits per heavy atom. The number of anilines is 2. The first-order valence-electron chi connectivity index (χ1n) is 21.5. The second-order valence-corrected chi connectivity index (χ2v) is 18.5. The summed E-state index contributed by atoms with van der Waals surface area (Å²) in [7, 11) is -3.71. The summed E-state index contributed by atoms with van der Waals surface area (Å²) in [6.07, 6.45) is 10.5. The molecule has 4 aliphatic heterocycles. The van der Waals surface area contributed by atoms with E-state index in [4.69, 9.17) is 5.10 Å². The van der Waals surface area contributed by atoms with Gasteiger partial charge in [0.05, 0.1) is 23.4 Å². The third-order valence-corrected chi connectivity index (χ3v) is 14.2. The molecule has 4 aromatic rings. The minimum absolute atomic E-state index is 0.0317. The van der Waals surface area contributed by atoms with Gasteiger partial charge in [0, 0.05) is 98.5 Å². The number of likely N-dealkylation sites (tertiary alicyclic amines) is 2. The van der Waals surface area contributed by atoms with Crippen LogP contribution in [0.1, 0.15) is 82.2 Å². The molecule has 4 saturated heterocycles. The van der Waals surface area contributed by atoms with Crippen LogP contribution in [0.25, 0.3) is 22.4 Å². The number of nitrogens with zero attached hydrogens (tertiary/aromatic N) is 6. The largest absolute Gasteiger partial charge is 0.371 e. The van der Waals surface area contributed by atoms with Gasteiger partial charge < -0.3 is 14.7 Å². The number of rotatable bonds is 11. The highest BCUT2D eigenvalue weighted by Crippen LogP contribution is 2.38. The molecule has 4 fully saturated rings. The molecule has 2 N–H and O–H groups in total. The molecule has 0 saturated carbocycles. The van der Waals surface area contributed by atoms with E-state index < -0.39 is 15.8 Å². The number of hydrogen-bond donors (Lipinski definition) is 2. The Kier molecular flexibility index (Phi) is 12.5. The minimum atomic E-state index is -3.71. The van der Waals surface area contributed by atoms with Gasteiger partial charge in [-0.25, -0.2) is 12.8 Å². The van der Waals surface area contributed by atoms with E-state index in [0.29, 0.717) is 82.4 Å². The van der Waals surface area contributed by atoms with E-state index in [0.717, 1.165) is 42.7 Å². The molecule has 0 spiro atoms. The van der Waals surface area contributed by atoms with Crippen molar-refractivity contribution in [3.63, 3.8) is 0 Å². The highest BCUT2D eigenvalue weighted by molar-refractivity contribution is 7.92. The van der Waals surface area contributed by atoms with Crippen molar-refractivity contribution in [2.45, 2.75) is 76.7 Å². The van der Waals surface area contributed by atoms with Gasteiger partial charge in [0.25, 0.3) is 0 Å². The van der Waals surface area contributed by atoms with Gasteiger partial charge in [-0.05, 0) is 87.3 Å². The number of piperidine rings is 4. The molecule has 4 amide bonds. The first-order valence-corrected chi connectivity index (χ1v) is 23.2. The fourth-order valence-electron chi connectivity index (χ4n) is 9.33. The molecular formula is C45H53FN8O6S. The molecule has 6 heterocycles. The highest BCUT2D eigenvalue weighted by atomic mass is 32.2. The molecule has 61 heavy (non-hydrogen) atoms. The van der Waals surface area contributed by atoms with Gasteiger partial charge in [0.15, 0.2) is 5.82 Å². The van der Waals surface area contributed by atoms with Crippen LogP contribution in [0.15, 0.2) is 73.2 Å². The fraction of sp³-hybridized carbons (Fsp3) is 0.467. The average molecular weight is 853 g/mol. The molecule has 0 bridgehead atoms. The third-order valence-electron chi connectivity index (χ3n) is 12.8. The van der Waals surface area contributed by atoms with Crippen LogP contribution in [0.2, 0.25) is 0 Å². The number of benzene rings is 2. The molecule has 2 aromatic carbocycles. The smallest absolute Gasteiger partial charge is 0.234 e. The number of sulfonamides is 1. The topological polar surface area (TPSA) is 167 Å². The average Bonchev–Trinajstić information content (AvgIpc) is 3.72. The molecule has 322 valence electrons. The van der Waals surface area contributed by atoms with Crippen LogP contribution in [-0.2, 0) is 29.2 Å². The Morgan fingerprint density at radius 3 is 2.05 bits per heavy atom. The Balaban J connectivity index is 0.835. The first kappa shape index (κ1) is 42.1. The van der Waals surface area contributed by atoms with E-state index in [1.807, 2.05) is 44.9 Å². The van der Waals surface area contributed by atoms with E-state index >= 15 is 4.39 Å². The number of aromatic nitrogens is 3. The van der Waals surface area contributed by atoms with Crippen LogP contribution in [-0.4, -0.2) is 102 Å². The summed E-state index contributed by atoms with van der Waals surface area (Å²) >= 11 is 0. The lowest BCUT2D eigenvalue weighted by Gasteiger charge is -2.39. The number of carbonyl (C=O) groups is 4. The van der Waals surface area contributed by atoms with Crippen molar-refractivity contribution in [1.82, 2.24) is 29.9 Å². The molecule has 4 aliphatic rings. The molecular weight excluding hydrogens is 800 g/mol. The maximum atomic E-state index is 16.0. The number of halogens is 1.